The molecule has 2 heterocycles. The molecule has 0 N–H and O–H groups in total. The summed E-state index contributed by atoms with van der Waals surface area (Å²) in [4.78, 5) is 14.5. The molecule has 1 amide bonds. The Morgan fingerprint density at radius 3 is 2.83 bits per heavy atom. The van der Waals surface area contributed by atoms with Gasteiger partial charge in [0.25, 0.3) is 5.89 Å². The smallest absolute Gasteiger partial charge is 0.250 e. The van der Waals surface area contributed by atoms with Gasteiger partial charge in [-0.25, -0.2) is 4.39 Å². The molecule has 1 saturated heterocycles. The number of halogens is 1. The minimum Gasteiger partial charge on any atom is -0.418 e. The zero-order valence-corrected chi connectivity index (χ0v) is 13.6. The van der Waals surface area contributed by atoms with Gasteiger partial charge in [-0.2, -0.15) is 0 Å². The first-order valence-electron chi connectivity index (χ1n) is 8.54. The molecule has 3 atom stereocenters. The summed E-state index contributed by atoms with van der Waals surface area (Å²) in [5.74, 6) is 0.987. The van der Waals surface area contributed by atoms with Crippen molar-refractivity contribution >= 4 is 5.91 Å². The fourth-order valence-corrected chi connectivity index (χ4v) is 3.44. The zero-order chi connectivity index (χ0) is 16.7. The van der Waals surface area contributed by atoms with Gasteiger partial charge >= 0.3 is 0 Å². The second-order valence-corrected chi connectivity index (χ2v) is 6.79. The first-order valence-corrected chi connectivity index (χ1v) is 8.54. The molecule has 0 unspecified atom stereocenters. The van der Waals surface area contributed by atoms with Crippen LogP contribution in [0.4, 0.5) is 4.39 Å². The molecule has 2 fully saturated rings. The maximum Gasteiger partial charge on any atom is 0.250 e. The third kappa shape index (κ3) is 2.70. The van der Waals surface area contributed by atoms with Gasteiger partial charge in [-0.1, -0.05) is 19.1 Å². The van der Waals surface area contributed by atoms with Gasteiger partial charge in [0, 0.05) is 12.5 Å². The van der Waals surface area contributed by atoms with Gasteiger partial charge in [0.1, 0.15) is 11.9 Å². The van der Waals surface area contributed by atoms with Crippen LogP contribution >= 0.6 is 0 Å². The predicted molar refractivity (Wildman–Crippen MR) is 85.3 cm³/mol. The van der Waals surface area contributed by atoms with Crippen LogP contribution in [0.5, 0.6) is 0 Å². The monoisotopic (exact) mass is 329 g/mol. The standard InChI is InChI=1S/C18H20FN3O2/c1-11-10-13(11)18(23)22-9-5-4-8-15(22)17-21-20-16(24-17)12-6-2-3-7-14(12)19/h2-3,6-7,11,13,15H,4-5,8-10H2,1H3/t11-,13+,15-/m1/s1. The van der Waals surface area contributed by atoms with Gasteiger partial charge in [-0.05, 0) is 43.7 Å². The maximum absolute atomic E-state index is 13.9. The number of hydrogen-bond acceptors (Lipinski definition) is 4. The average molecular weight is 329 g/mol. The van der Waals surface area contributed by atoms with Gasteiger partial charge in [0.05, 0.1) is 5.56 Å². The second kappa shape index (κ2) is 6.00. The van der Waals surface area contributed by atoms with Crippen LogP contribution in [0, 0.1) is 17.7 Å². The summed E-state index contributed by atoms with van der Waals surface area (Å²) in [6, 6.07) is 6.14. The number of aromatic nitrogens is 2. The average Bonchev–Trinajstić information content (AvgIpc) is 3.14. The van der Waals surface area contributed by atoms with E-state index >= 15 is 0 Å². The lowest BCUT2D eigenvalue weighted by molar-refractivity contribution is -0.137. The van der Waals surface area contributed by atoms with Crippen LogP contribution in [0.2, 0.25) is 0 Å². The molecule has 1 aromatic heterocycles. The number of benzene rings is 1. The molecule has 1 aliphatic carbocycles. The number of likely N-dealkylation sites (tertiary alicyclic amines) is 1. The Morgan fingerprint density at radius 2 is 2.08 bits per heavy atom. The van der Waals surface area contributed by atoms with Crippen molar-refractivity contribution in [2.45, 2.75) is 38.6 Å². The molecule has 1 aliphatic heterocycles. The van der Waals surface area contributed by atoms with Crippen molar-refractivity contribution in [1.29, 1.82) is 0 Å². The molecule has 2 aliphatic rings. The van der Waals surface area contributed by atoms with Gasteiger partial charge in [-0.15, -0.1) is 10.2 Å². The summed E-state index contributed by atoms with van der Waals surface area (Å²) >= 11 is 0. The Hall–Kier alpha value is -2.24. The fourth-order valence-electron chi connectivity index (χ4n) is 3.44. The molecule has 0 radical (unpaired) electrons. The normalized spacial score (nSPS) is 26.4. The predicted octanol–water partition coefficient (Wildman–Crippen LogP) is 3.59. The van der Waals surface area contributed by atoms with Crippen LogP contribution in [0.3, 0.4) is 0 Å². The topological polar surface area (TPSA) is 59.2 Å². The Bertz CT molecular complexity index is 760. The molecule has 6 heteroatoms. The van der Waals surface area contributed by atoms with Crippen LogP contribution in [0.1, 0.15) is 44.5 Å². The van der Waals surface area contributed by atoms with E-state index in [1.165, 1.54) is 6.07 Å². The highest BCUT2D eigenvalue weighted by Gasteiger charge is 2.44. The van der Waals surface area contributed by atoms with Crippen molar-refractivity contribution in [1.82, 2.24) is 15.1 Å². The van der Waals surface area contributed by atoms with E-state index in [9.17, 15) is 9.18 Å². The van der Waals surface area contributed by atoms with E-state index < -0.39 is 5.82 Å². The van der Waals surface area contributed by atoms with E-state index in [2.05, 4.69) is 17.1 Å². The Labute approximate surface area is 139 Å². The Morgan fingerprint density at radius 1 is 1.29 bits per heavy atom. The summed E-state index contributed by atoms with van der Waals surface area (Å²) in [6.07, 6.45) is 3.79. The molecule has 2 aromatic rings. The maximum atomic E-state index is 13.9. The molecular weight excluding hydrogens is 309 g/mol. The van der Waals surface area contributed by atoms with Gasteiger partial charge in [-0.3, -0.25) is 4.79 Å². The van der Waals surface area contributed by atoms with Crippen molar-refractivity contribution in [3.63, 3.8) is 0 Å². The molecule has 4 rings (SSSR count). The summed E-state index contributed by atoms with van der Waals surface area (Å²) < 4.78 is 19.6. The number of nitrogens with zero attached hydrogens (tertiary/aromatic N) is 3. The quantitative estimate of drug-likeness (QED) is 0.863. The minimum atomic E-state index is -0.393. The van der Waals surface area contributed by atoms with Crippen LogP contribution in [-0.4, -0.2) is 27.5 Å². The van der Waals surface area contributed by atoms with E-state index in [1.54, 1.807) is 18.2 Å². The first-order chi connectivity index (χ1) is 11.6. The Balaban J connectivity index is 1.60. The van der Waals surface area contributed by atoms with Crippen molar-refractivity contribution in [2.75, 3.05) is 6.54 Å². The van der Waals surface area contributed by atoms with Crippen molar-refractivity contribution < 1.29 is 13.6 Å². The van der Waals surface area contributed by atoms with E-state index in [4.69, 9.17) is 4.42 Å². The van der Waals surface area contributed by atoms with Gasteiger partial charge in [0.2, 0.25) is 11.8 Å². The molecule has 126 valence electrons. The van der Waals surface area contributed by atoms with Crippen LogP contribution in [0.25, 0.3) is 11.5 Å². The summed E-state index contributed by atoms with van der Waals surface area (Å²) in [5, 5.41) is 8.11. The number of piperidine rings is 1. The van der Waals surface area contributed by atoms with E-state index in [-0.39, 0.29) is 23.8 Å². The molecule has 0 spiro atoms. The van der Waals surface area contributed by atoms with Crippen molar-refractivity contribution in [3.8, 4) is 11.5 Å². The highest BCUT2D eigenvalue weighted by Crippen LogP contribution is 2.42. The molecule has 1 aromatic carbocycles. The lowest BCUT2D eigenvalue weighted by atomic mass is 10.0. The first kappa shape index (κ1) is 15.3. The van der Waals surface area contributed by atoms with Crippen LogP contribution in [-0.2, 0) is 4.79 Å². The molecular formula is C18H20FN3O2. The minimum absolute atomic E-state index is 0.138. The number of carbonyl (C=O) groups is 1. The fraction of sp³-hybridized carbons (Fsp3) is 0.500. The van der Waals surface area contributed by atoms with Gasteiger partial charge < -0.3 is 9.32 Å². The largest absolute Gasteiger partial charge is 0.418 e. The third-order valence-corrected chi connectivity index (χ3v) is 5.04. The lowest BCUT2D eigenvalue weighted by Crippen LogP contribution is -2.39. The van der Waals surface area contributed by atoms with Crippen molar-refractivity contribution in [2.24, 2.45) is 11.8 Å². The summed E-state index contributed by atoms with van der Waals surface area (Å²) in [7, 11) is 0. The number of rotatable bonds is 3. The summed E-state index contributed by atoms with van der Waals surface area (Å²) in [5.41, 5.74) is 0.292. The number of amides is 1. The second-order valence-electron chi connectivity index (χ2n) is 6.79. The molecule has 24 heavy (non-hydrogen) atoms. The highest BCUT2D eigenvalue weighted by molar-refractivity contribution is 5.82. The van der Waals surface area contributed by atoms with Gasteiger partial charge in [0.15, 0.2) is 0 Å². The number of carbonyl (C=O) groups excluding carboxylic acids is 1. The summed E-state index contributed by atoms with van der Waals surface area (Å²) in [6.45, 7) is 2.83. The molecule has 5 nitrogen and oxygen atoms in total. The zero-order valence-electron chi connectivity index (χ0n) is 13.6. The van der Waals surface area contributed by atoms with E-state index in [0.29, 0.717) is 17.4 Å². The molecule has 1 saturated carbocycles. The lowest BCUT2D eigenvalue weighted by Gasteiger charge is -2.33. The van der Waals surface area contributed by atoms with Crippen LogP contribution < -0.4 is 0 Å². The Kier molecular flexibility index (Phi) is 3.82. The number of hydrogen-bond donors (Lipinski definition) is 0. The van der Waals surface area contributed by atoms with Crippen LogP contribution in [0.15, 0.2) is 28.7 Å². The SMILES string of the molecule is C[C@@H]1C[C@@H]1C(=O)N1CCCC[C@@H]1c1nnc(-c2ccccc2F)o1. The van der Waals surface area contributed by atoms with E-state index in [0.717, 1.165) is 32.2 Å². The highest BCUT2D eigenvalue weighted by atomic mass is 19.1. The molecule has 0 bridgehead atoms. The van der Waals surface area contributed by atoms with E-state index in [1.807, 2.05) is 4.90 Å². The van der Waals surface area contributed by atoms with Crippen molar-refractivity contribution in [3.05, 3.63) is 36.0 Å². The third-order valence-electron chi connectivity index (χ3n) is 5.04.